The highest BCUT2D eigenvalue weighted by molar-refractivity contribution is 7.91. The Kier molecular flexibility index (Phi) is 2.75. The van der Waals surface area contributed by atoms with Gasteiger partial charge in [-0.05, 0) is 24.3 Å². The third kappa shape index (κ3) is 2.05. The first kappa shape index (κ1) is 13.0. The summed E-state index contributed by atoms with van der Waals surface area (Å²) in [4.78, 5) is 22.9. The van der Waals surface area contributed by atoms with Crippen molar-refractivity contribution < 1.29 is 22.2 Å². The van der Waals surface area contributed by atoms with E-state index in [1.165, 1.54) is 24.3 Å². The lowest BCUT2D eigenvalue weighted by atomic mass is 10.3. The first-order valence-electron chi connectivity index (χ1n) is 6.09. The summed E-state index contributed by atoms with van der Waals surface area (Å²) in [6.07, 6.45) is 0. The maximum atomic E-state index is 12.6. The van der Waals surface area contributed by atoms with Gasteiger partial charge in [0.2, 0.25) is 0 Å². The molecule has 4 aromatic rings. The highest BCUT2D eigenvalue weighted by Crippen LogP contribution is 2.26. The van der Waals surface area contributed by atoms with Crippen molar-refractivity contribution in [3.05, 3.63) is 57.6 Å². The van der Waals surface area contributed by atoms with Crippen LogP contribution in [-0.2, 0) is 11.2 Å². The Balaban J connectivity index is 1.80. The van der Waals surface area contributed by atoms with Crippen LogP contribution in [0, 0.1) is 0 Å². The van der Waals surface area contributed by atoms with Crippen LogP contribution in [0.3, 0.4) is 0 Å². The van der Waals surface area contributed by atoms with E-state index in [1.807, 2.05) is 0 Å². The van der Waals surface area contributed by atoms with Crippen molar-refractivity contribution >= 4 is 33.5 Å². The van der Waals surface area contributed by atoms with Crippen LogP contribution in [0.2, 0.25) is 0 Å². The van der Waals surface area contributed by atoms with Gasteiger partial charge in [0.25, 0.3) is 0 Å². The van der Waals surface area contributed by atoms with Gasteiger partial charge in [-0.3, -0.25) is 0 Å². The van der Waals surface area contributed by atoms with Crippen LogP contribution in [0.5, 0.6) is 0 Å². The number of hydrogen-bond acceptors (Lipinski definition) is 7. The van der Waals surface area contributed by atoms with Crippen molar-refractivity contribution in [3.63, 3.8) is 0 Å². The van der Waals surface area contributed by atoms with Crippen molar-refractivity contribution in [1.82, 2.24) is 0 Å². The molecule has 2 aromatic heterocycles. The zero-order valence-electron chi connectivity index (χ0n) is 10.7. The molecule has 0 amide bonds. The molecule has 0 aliphatic heterocycles. The van der Waals surface area contributed by atoms with E-state index in [0.29, 0.717) is 9.79 Å². The van der Waals surface area contributed by atoms with Gasteiger partial charge < -0.3 is 22.2 Å². The Hall–Kier alpha value is -2.71. The summed E-state index contributed by atoms with van der Waals surface area (Å²) >= 11 is -1.55. The maximum Gasteiger partial charge on any atom is 0.519 e. The number of hydrogen-bond donors (Lipinski definition) is 0. The summed E-state index contributed by atoms with van der Waals surface area (Å²) in [6, 6.07) is 9.06. The largest absolute Gasteiger partial charge is 0.606 e. The van der Waals surface area contributed by atoms with Gasteiger partial charge in [0.05, 0.1) is 0 Å². The van der Waals surface area contributed by atoms with Crippen LogP contribution in [0.4, 0.5) is 0 Å². The number of benzene rings is 2. The second-order valence-electron chi connectivity index (χ2n) is 4.39. The maximum absolute atomic E-state index is 12.6. The molecule has 2 heterocycles. The lowest BCUT2D eigenvalue weighted by Crippen LogP contribution is -2.01. The molecule has 0 unspecified atom stereocenters. The van der Waals surface area contributed by atoms with Crippen LogP contribution < -0.4 is 11.6 Å². The molecule has 0 saturated heterocycles. The highest BCUT2D eigenvalue weighted by Gasteiger charge is 2.19. The molecule has 0 radical (unpaired) electrons. The second-order valence-corrected chi connectivity index (χ2v) is 5.87. The third-order valence-corrected chi connectivity index (χ3v) is 4.40. The Morgan fingerprint density at radius 2 is 1.09 bits per heavy atom. The molecule has 22 heavy (non-hydrogen) atoms. The summed E-state index contributed by atoms with van der Waals surface area (Å²) in [5.74, 6) is -1.64. The van der Waals surface area contributed by atoms with E-state index in [2.05, 4.69) is 0 Å². The molecule has 7 nitrogen and oxygen atoms in total. The standard InChI is InChI=1S/C14H6O7S/c15-13-18-9-3-1-7(5-11(9)20-13)22(17)8-2-4-10-12(6-8)21-14(16)19-10/h1-6H. The second kappa shape index (κ2) is 4.65. The fourth-order valence-electron chi connectivity index (χ4n) is 2.07. The van der Waals surface area contributed by atoms with Crippen molar-refractivity contribution in [3.8, 4) is 0 Å². The molecule has 0 aliphatic carbocycles. The lowest BCUT2D eigenvalue weighted by molar-refractivity contribution is 0.408. The van der Waals surface area contributed by atoms with Crippen LogP contribution in [0.15, 0.2) is 73.4 Å². The number of fused-ring (bicyclic) bond motifs is 2. The summed E-state index contributed by atoms with van der Waals surface area (Å²) in [6.45, 7) is 0. The molecule has 0 bridgehead atoms. The normalized spacial score (nSPS) is 11.7. The van der Waals surface area contributed by atoms with E-state index in [4.69, 9.17) is 17.7 Å². The van der Waals surface area contributed by atoms with Crippen LogP contribution >= 0.6 is 0 Å². The van der Waals surface area contributed by atoms with E-state index in [-0.39, 0.29) is 22.3 Å². The summed E-state index contributed by atoms with van der Waals surface area (Å²) in [5.41, 5.74) is 0.989. The zero-order chi connectivity index (χ0) is 15.3. The van der Waals surface area contributed by atoms with Gasteiger partial charge in [-0.2, -0.15) is 0 Å². The van der Waals surface area contributed by atoms with E-state index in [1.54, 1.807) is 12.1 Å². The van der Waals surface area contributed by atoms with E-state index in [9.17, 15) is 14.1 Å². The Labute approximate surface area is 123 Å². The molecule has 110 valence electrons. The topological polar surface area (TPSA) is 110 Å². The molecule has 0 aliphatic rings. The predicted octanol–water partition coefficient (Wildman–Crippen LogP) is 2.25. The van der Waals surface area contributed by atoms with Gasteiger partial charge in [-0.1, -0.05) is 0 Å². The fourth-order valence-corrected chi connectivity index (χ4v) is 3.16. The quantitative estimate of drug-likeness (QED) is 0.521. The summed E-state index contributed by atoms with van der Waals surface area (Å²) < 4.78 is 31.8. The fraction of sp³-hybridized carbons (Fsp3) is 0. The monoisotopic (exact) mass is 318 g/mol. The van der Waals surface area contributed by atoms with Crippen molar-refractivity contribution in [2.75, 3.05) is 0 Å². The average molecular weight is 318 g/mol. The third-order valence-electron chi connectivity index (χ3n) is 3.03. The van der Waals surface area contributed by atoms with Gasteiger partial charge in [0, 0.05) is 23.3 Å². The van der Waals surface area contributed by atoms with Crippen molar-refractivity contribution in [1.29, 1.82) is 0 Å². The highest BCUT2D eigenvalue weighted by atomic mass is 32.2. The molecule has 2 aromatic carbocycles. The van der Waals surface area contributed by atoms with Crippen LogP contribution in [-0.4, -0.2) is 4.55 Å². The zero-order valence-corrected chi connectivity index (χ0v) is 11.5. The molecule has 4 rings (SSSR count). The van der Waals surface area contributed by atoms with Crippen LogP contribution in [0.1, 0.15) is 0 Å². The van der Waals surface area contributed by atoms with Gasteiger partial charge in [-0.15, -0.1) is 0 Å². The SMILES string of the molecule is O=c1oc2ccc([S+]([O-])c3ccc4oc(=O)oc4c3)cc2o1. The molecular formula is C14H6O7S. The van der Waals surface area contributed by atoms with Gasteiger partial charge in [0.1, 0.15) is 0 Å². The molecule has 8 heteroatoms. The van der Waals surface area contributed by atoms with E-state index in [0.717, 1.165) is 0 Å². The molecule has 0 spiro atoms. The number of rotatable bonds is 2. The summed E-state index contributed by atoms with van der Waals surface area (Å²) in [7, 11) is 0. The van der Waals surface area contributed by atoms with Crippen molar-refractivity contribution in [2.24, 2.45) is 0 Å². The summed E-state index contributed by atoms with van der Waals surface area (Å²) in [5, 5.41) is 0. The van der Waals surface area contributed by atoms with E-state index < -0.39 is 22.8 Å². The lowest BCUT2D eigenvalue weighted by Gasteiger charge is -2.08. The molecule has 0 saturated carbocycles. The van der Waals surface area contributed by atoms with Crippen molar-refractivity contribution in [2.45, 2.75) is 9.79 Å². The minimum atomic E-state index is -1.55. The Morgan fingerprint density at radius 1 is 0.682 bits per heavy atom. The molecule has 0 N–H and O–H groups in total. The van der Waals surface area contributed by atoms with E-state index >= 15 is 0 Å². The van der Waals surface area contributed by atoms with Gasteiger partial charge in [-0.25, -0.2) is 9.59 Å². The van der Waals surface area contributed by atoms with Gasteiger partial charge in [0.15, 0.2) is 32.1 Å². The Bertz CT molecular complexity index is 1010. The van der Waals surface area contributed by atoms with Crippen LogP contribution in [0.25, 0.3) is 22.3 Å². The average Bonchev–Trinajstić information content (AvgIpc) is 3.04. The molecule has 0 atom stereocenters. The minimum absolute atomic E-state index is 0.215. The Morgan fingerprint density at radius 3 is 1.55 bits per heavy atom. The molecular weight excluding hydrogens is 312 g/mol. The van der Waals surface area contributed by atoms with Gasteiger partial charge >= 0.3 is 11.6 Å². The smallest absolute Gasteiger partial charge is 0.519 e. The first-order chi connectivity index (χ1) is 10.6. The first-order valence-corrected chi connectivity index (χ1v) is 7.24. The molecule has 0 fully saturated rings. The predicted molar refractivity (Wildman–Crippen MR) is 74.2 cm³/mol. The minimum Gasteiger partial charge on any atom is -0.606 e.